The van der Waals surface area contributed by atoms with Gasteiger partial charge in [-0.15, -0.1) is 0 Å². The zero-order valence-electron chi connectivity index (χ0n) is 13.1. The van der Waals surface area contributed by atoms with E-state index in [-0.39, 0.29) is 0 Å². The molecule has 3 fully saturated rings. The first-order valence-corrected chi connectivity index (χ1v) is 9.50. The average molecular weight is 352 g/mol. The highest BCUT2D eigenvalue weighted by atomic mass is 79.9. The minimum absolute atomic E-state index is 0.500. The van der Waals surface area contributed by atoms with Crippen molar-refractivity contribution in [2.75, 3.05) is 6.54 Å². The van der Waals surface area contributed by atoms with Gasteiger partial charge in [-0.2, -0.15) is 5.10 Å². The zero-order valence-corrected chi connectivity index (χ0v) is 14.6. The summed E-state index contributed by atoms with van der Waals surface area (Å²) < 4.78 is 3.38. The molecule has 0 aromatic carbocycles. The van der Waals surface area contributed by atoms with Gasteiger partial charge in [0.2, 0.25) is 0 Å². The lowest BCUT2D eigenvalue weighted by atomic mass is 9.95. The first kappa shape index (κ1) is 14.3. The second-order valence-electron chi connectivity index (χ2n) is 7.19. The smallest absolute Gasteiger partial charge is 0.0698 e. The maximum atomic E-state index is 4.55. The molecule has 3 aliphatic rings. The van der Waals surface area contributed by atoms with E-state index in [4.69, 9.17) is 0 Å². The van der Waals surface area contributed by atoms with Gasteiger partial charge in [0.15, 0.2) is 0 Å². The second-order valence-corrected chi connectivity index (χ2v) is 8.04. The molecule has 21 heavy (non-hydrogen) atoms. The Balaban J connectivity index is 1.62. The molecule has 3 aliphatic carbocycles. The van der Waals surface area contributed by atoms with E-state index >= 15 is 0 Å². The quantitative estimate of drug-likeness (QED) is 0.839. The first-order valence-electron chi connectivity index (χ1n) is 8.70. The van der Waals surface area contributed by atoms with Crippen LogP contribution in [0.5, 0.6) is 0 Å². The molecule has 5 atom stereocenters. The topological polar surface area (TPSA) is 29.9 Å². The lowest BCUT2D eigenvalue weighted by Crippen LogP contribution is -2.29. The summed E-state index contributed by atoms with van der Waals surface area (Å²) in [7, 11) is 0. The normalized spacial score (nSPS) is 37.8. The van der Waals surface area contributed by atoms with Crippen molar-refractivity contribution in [3.63, 3.8) is 0 Å². The van der Waals surface area contributed by atoms with Gasteiger partial charge in [-0.3, -0.25) is 4.68 Å². The number of hydrogen-bond acceptors (Lipinski definition) is 2. The van der Waals surface area contributed by atoms with Gasteiger partial charge >= 0.3 is 0 Å². The molecular formula is C17H26BrN3. The minimum atomic E-state index is 0.500. The molecule has 1 aromatic heterocycles. The van der Waals surface area contributed by atoms with Crippen LogP contribution in [0.15, 0.2) is 10.7 Å². The van der Waals surface area contributed by atoms with E-state index in [0.29, 0.717) is 6.04 Å². The van der Waals surface area contributed by atoms with E-state index in [9.17, 15) is 0 Å². The van der Waals surface area contributed by atoms with E-state index in [1.54, 1.807) is 0 Å². The number of rotatable bonds is 6. The molecule has 4 heteroatoms. The average Bonchev–Trinajstić information content (AvgIpc) is 2.81. The minimum Gasteiger partial charge on any atom is -0.308 e. The van der Waals surface area contributed by atoms with Gasteiger partial charge in [-0.05, 0) is 84.7 Å². The molecule has 1 aromatic rings. The van der Waals surface area contributed by atoms with Gasteiger partial charge in [0.05, 0.1) is 22.4 Å². The van der Waals surface area contributed by atoms with E-state index in [1.165, 1.54) is 35.8 Å². The maximum Gasteiger partial charge on any atom is 0.0698 e. The summed E-state index contributed by atoms with van der Waals surface area (Å²) in [6.07, 6.45) is 7.70. The maximum absolute atomic E-state index is 4.55. The fraction of sp³-hybridized carbons (Fsp3) is 0.824. The number of aryl methyl sites for hydroxylation is 1. The number of halogens is 1. The number of nitrogens with one attached hydrogen (secondary N) is 1. The molecule has 0 spiro atoms. The zero-order chi connectivity index (χ0) is 14.6. The fourth-order valence-electron chi connectivity index (χ4n) is 5.49. The lowest BCUT2D eigenvalue weighted by Gasteiger charge is -2.23. The van der Waals surface area contributed by atoms with Crippen molar-refractivity contribution in [1.82, 2.24) is 15.1 Å². The monoisotopic (exact) mass is 351 g/mol. The van der Waals surface area contributed by atoms with Crippen molar-refractivity contribution in [1.29, 1.82) is 0 Å². The molecule has 4 rings (SSSR count). The number of nitrogens with zero attached hydrogens (tertiary/aromatic N) is 2. The molecule has 1 N–H and O–H groups in total. The van der Waals surface area contributed by atoms with E-state index in [1.807, 2.05) is 6.20 Å². The Morgan fingerprint density at radius 3 is 2.67 bits per heavy atom. The first-order chi connectivity index (χ1) is 10.3. The number of hydrogen-bond donors (Lipinski definition) is 1. The molecule has 0 radical (unpaired) electrons. The largest absolute Gasteiger partial charge is 0.308 e. The van der Waals surface area contributed by atoms with Gasteiger partial charge in [-0.1, -0.05) is 6.92 Å². The molecule has 3 nitrogen and oxygen atoms in total. The summed E-state index contributed by atoms with van der Waals surface area (Å²) in [6.45, 7) is 6.52. The van der Waals surface area contributed by atoms with Crippen LogP contribution in [0.1, 0.15) is 51.3 Å². The predicted octanol–water partition coefficient (Wildman–Crippen LogP) is 4.00. The Morgan fingerprint density at radius 1 is 1.33 bits per heavy atom. The number of fused-ring (bicyclic) bond motifs is 5. The Morgan fingerprint density at radius 2 is 2.05 bits per heavy atom. The third-order valence-electron chi connectivity index (χ3n) is 6.22. The van der Waals surface area contributed by atoms with Crippen molar-refractivity contribution in [3.05, 3.63) is 16.4 Å². The molecule has 1 heterocycles. The molecule has 0 saturated heterocycles. The summed E-state index contributed by atoms with van der Waals surface area (Å²) in [5, 5.41) is 8.41. The summed E-state index contributed by atoms with van der Waals surface area (Å²) >= 11 is 3.75. The SMILES string of the molecule is CCCNC(c1c(Br)cnn1CC)C1C2C3CCC(C3)C21. The van der Waals surface area contributed by atoms with Crippen molar-refractivity contribution in [2.24, 2.45) is 29.6 Å². The van der Waals surface area contributed by atoms with Crippen LogP contribution in [0.4, 0.5) is 0 Å². The summed E-state index contributed by atoms with van der Waals surface area (Å²) in [6, 6.07) is 0.500. The van der Waals surface area contributed by atoms with Crippen LogP contribution in [0.3, 0.4) is 0 Å². The molecule has 2 bridgehead atoms. The van der Waals surface area contributed by atoms with Crippen LogP contribution in [0, 0.1) is 29.6 Å². The van der Waals surface area contributed by atoms with Crippen molar-refractivity contribution in [3.8, 4) is 0 Å². The van der Waals surface area contributed by atoms with Crippen LogP contribution < -0.4 is 5.32 Å². The Bertz CT molecular complexity index is 510. The Hall–Kier alpha value is -0.350. The van der Waals surface area contributed by atoms with E-state index in [2.05, 4.69) is 44.9 Å². The van der Waals surface area contributed by atoms with Crippen LogP contribution in [-0.2, 0) is 6.54 Å². The highest BCUT2D eigenvalue weighted by molar-refractivity contribution is 9.10. The predicted molar refractivity (Wildman–Crippen MR) is 87.9 cm³/mol. The highest BCUT2D eigenvalue weighted by Gasteiger charge is 2.67. The van der Waals surface area contributed by atoms with Crippen LogP contribution in [-0.4, -0.2) is 16.3 Å². The summed E-state index contributed by atoms with van der Waals surface area (Å²) in [5.41, 5.74) is 1.39. The molecule has 0 amide bonds. The molecule has 5 unspecified atom stereocenters. The molecule has 116 valence electrons. The molecule has 3 saturated carbocycles. The fourth-order valence-corrected chi connectivity index (χ4v) is 6.03. The van der Waals surface area contributed by atoms with Crippen molar-refractivity contribution in [2.45, 2.75) is 52.1 Å². The highest BCUT2D eigenvalue weighted by Crippen LogP contribution is 2.72. The van der Waals surface area contributed by atoms with Gasteiger partial charge in [0.25, 0.3) is 0 Å². The Kier molecular flexibility index (Phi) is 3.65. The standard InChI is InChI=1S/C17H26BrN3/c1-3-7-19-16(17-12(18)9-20-21(17)4-2)15-13-10-5-6-11(8-10)14(13)15/h9-11,13-16,19H,3-8H2,1-2H3. The van der Waals surface area contributed by atoms with Gasteiger partial charge in [0.1, 0.15) is 0 Å². The summed E-state index contributed by atoms with van der Waals surface area (Å²) in [4.78, 5) is 0. The van der Waals surface area contributed by atoms with Crippen molar-refractivity contribution >= 4 is 15.9 Å². The third kappa shape index (κ3) is 2.13. The van der Waals surface area contributed by atoms with Gasteiger partial charge < -0.3 is 5.32 Å². The third-order valence-corrected chi connectivity index (χ3v) is 6.83. The lowest BCUT2D eigenvalue weighted by molar-refractivity contribution is 0.352. The number of aromatic nitrogens is 2. The van der Waals surface area contributed by atoms with Gasteiger partial charge in [-0.25, -0.2) is 0 Å². The van der Waals surface area contributed by atoms with Crippen molar-refractivity contribution < 1.29 is 0 Å². The Labute approximate surface area is 136 Å². The molecule has 0 aliphatic heterocycles. The van der Waals surface area contributed by atoms with E-state index < -0.39 is 0 Å². The van der Waals surface area contributed by atoms with Crippen LogP contribution in [0.25, 0.3) is 0 Å². The summed E-state index contributed by atoms with van der Waals surface area (Å²) in [5.74, 6) is 4.94. The van der Waals surface area contributed by atoms with Crippen LogP contribution in [0.2, 0.25) is 0 Å². The van der Waals surface area contributed by atoms with Gasteiger partial charge in [0, 0.05) is 6.54 Å². The van der Waals surface area contributed by atoms with Crippen LogP contribution >= 0.6 is 15.9 Å². The van der Waals surface area contributed by atoms with E-state index in [0.717, 1.165) is 42.7 Å². The second kappa shape index (κ2) is 5.38. The molecular weight excluding hydrogens is 326 g/mol.